The Hall–Kier alpha value is -3.05. The number of rotatable bonds is 7. The number of hydrogen-bond acceptors (Lipinski definition) is 5. The summed E-state index contributed by atoms with van der Waals surface area (Å²) in [4.78, 5) is 12.2. The Labute approximate surface area is 171 Å². The Morgan fingerprint density at radius 1 is 1.17 bits per heavy atom. The zero-order valence-corrected chi connectivity index (χ0v) is 17.0. The van der Waals surface area contributed by atoms with Gasteiger partial charge in [0.1, 0.15) is 11.6 Å². The van der Waals surface area contributed by atoms with Gasteiger partial charge in [-0.15, -0.1) is 0 Å². The molecule has 1 amide bonds. The van der Waals surface area contributed by atoms with Gasteiger partial charge in [-0.3, -0.25) is 14.6 Å². The summed E-state index contributed by atoms with van der Waals surface area (Å²) < 4.78 is 42.2. The number of carbonyl (C=O) groups excluding carboxylic acids is 1. The Bertz CT molecular complexity index is 1170. The number of anilines is 1. The maximum absolute atomic E-state index is 13.0. The van der Waals surface area contributed by atoms with Crippen molar-refractivity contribution in [3.63, 3.8) is 0 Å². The molecule has 0 saturated carbocycles. The lowest BCUT2D eigenvalue weighted by molar-refractivity contribution is 0.0954. The molecule has 0 saturated heterocycles. The SMILES string of the molecule is Cn1c(CCNC(=O)c2ccc(NS(=O)(=O)c3ccc(F)cc3)cc2)n[nH]c1=S. The molecule has 0 radical (unpaired) electrons. The average Bonchev–Trinajstić information content (AvgIpc) is 3.01. The van der Waals surface area contributed by atoms with Gasteiger partial charge in [0, 0.05) is 31.3 Å². The van der Waals surface area contributed by atoms with Gasteiger partial charge in [0.15, 0.2) is 4.77 Å². The summed E-state index contributed by atoms with van der Waals surface area (Å²) in [5.74, 6) is -0.0967. The van der Waals surface area contributed by atoms with Crippen molar-refractivity contribution in [3.05, 3.63) is 70.5 Å². The van der Waals surface area contributed by atoms with Crippen molar-refractivity contribution >= 4 is 33.8 Å². The molecule has 2 aromatic carbocycles. The van der Waals surface area contributed by atoms with Crippen LogP contribution in [0.15, 0.2) is 53.4 Å². The quantitative estimate of drug-likeness (QED) is 0.494. The van der Waals surface area contributed by atoms with Crippen LogP contribution in [0.4, 0.5) is 10.1 Å². The van der Waals surface area contributed by atoms with Crippen LogP contribution in [0.5, 0.6) is 0 Å². The largest absolute Gasteiger partial charge is 0.352 e. The Morgan fingerprint density at radius 3 is 2.41 bits per heavy atom. The molecular formula is C18H18FN5O3S2. The normalized spacial score (nSPS) is 11.2. The van der Waals surface area contributed by atoms with Gasteiger partial charge in [0.05, 0.1) is 4.90 Å². The third-order valence-electron chi connectivity index (χ3n) is 4.13. The van der Waals surface area contributed by atoms with Crippen LogP contribution < -0.4 is 10.0 Å². The fourth-order valence-electron chi connectivity index (χ4n) is 2.51. The van der Waals surface area contributed by atoms with Gasteiger partial charge in [-0.1, -0.05) is 0 Å². The van der Waals surface area contributed by atoms with E-state index in [1.54, 1.807) is 11.6 Å². The van der Waals surface area contributed by atoms with Crippen LogP contribution in [0.2, 0.25) is 0 Å². The van der Waals surface area contributed by atoms with Gasteiger partial charge >= 0.3 is 0 Å². The molecule has 0 aliphatic heterocycles. The monoisotopic (exact) mass is 435 g/mol. The molecule has 3 rings (SSSR count). The van der Waals surface area contributed by atoms with E-state index in [0.717, 1.165) is 18.0 Å². The number of carbonyl (C=O) groups is 1. The fraction of sp³-hybridized carbons (Fsp3) is 0.167. The van der Waals surface area contributed by atoms with E-state index in [9.17, 15) is 17.6 Å². The third kappa shape index (κ3) is 5.06. The molecule has 29 heavy (non-hydrogen) atoms. The summed E-state index contributed by atoms with van der Waals surface area (Å²) in [5, 5.41) is 9.51. The van der Waals surface area contributed by atoms with E-state index in [-0.39, 0.29) is 16.5 Å². The number of halogens is 1. The molecule has 0 aliphatic rings. The number of H-pyrrole nitrogens is 1. The lowest BCUT2D eigenvalue weighted by Crippen LogP contribution is -2.26. The highest BCUT2D eigenvalue weighted by Crippen LogP contribution is 2.17. The number of hydrogen-bond donors (Lipinski definition) is 3. The second kappa shape index (κ2) is 8.53. The second-order valence-corrected chi connectivity index (χ2v) is 8.22. The van der Waals surface area contributed by atoms with Crippen molar-refractivity contribution in [2.24, 2.45) is 7.05 Å². The number of amides is 1. The highest BCUT2D eigenvalue weighted by atomic mass is 32.2. The van der Waals surface area contributed by atoms with Crippen molar-refractivity contribution in [2.75, 3.05) is 11.3 Å². The van der Waals surface area contributed by atoms with Crippen molar-refractivity contribution < 1.29 is 17.6 Å². The highest BCUT2D eigenvalue weighted by Gasteiger charge is 2.14. The van der Waals surface area contributed by atoms with Crippen molar-refractivity contribution in [2.45, 2.75) is 11.3 Å². The van der Waals surface area contributed by atoms with E-state index in [1.807, 2.05) is 0 Å². The molecule has 0 fully saturated rings. The van der Waals surface area contributed by atoms with Gasteiger partial charge in [0.25, 0.3) is 15.9 Å². The van der Waals surface area contributed by atoms with Crippen LogP contribution in [-0.2, 0) is 23.5 Å². The first-order chi connectivity index (χ1) is 13.8. The summed E-state index contributed by atoms with van der Waals surface area (Å²) in [6.45, 7) is 0.366. The van der Waals surface area contributed by atoms with Crippen molar-refractivity contribution in [3.8, 4) is 0 Å². The van der Waals surface area contributed by atoms with Gasteiger partial charge in [0.2, 0.25) is 0 Å². The van der Waals surface area contributed by atoms with Gasteiger partial charge in [-0.05, 0) is 60.7 Å². The molecule has 3 N–H and O–H groups in total. The minimum absolute atomic E-state index is 0.0607. The zero-order chi connectivity index (χ0) is 21.0. The molecule has 3 aromatic rings. The molecule has 0 atom stereocenters. The van der Waals surface area contributed by atoms with E-state index in [2.05, 4.69) is 20.2 Å². The standard InChI is InChI=1S/C18H18FN5O3S2/c1-24-16(21-22-18(24)28)10-11-20-17(25)12-2-6-14(7-3-12)23-29(26,27)15-8-4-13(19)5-9-15/h2-9,23H,10-11H2,1H3,(H,20,25)(H,22,28). The van der Waals surface area contributed by atoms with Gasteiger partial charge < -0.3 is 9.88 Å². The summed E-state index contributed by atoms with van der Waals surface area (Å²) in [6.07, 6.45) is 0.505. The van der Waals surface area contributed by atoms with Crippen molar-refractivity contribution in [1.82, 2.24) is 20.1 Å². The maximum Gasteiger partial charge on any atom is 0.261 e. The first-order valence-corrected chi connectivity index (χ1v) is 10.4. The first kappa shape index (κ1) is 20.7. The minimum Gasteiger partial charge on any atom is -0.352 e. The number of aromatic amines is 1. The summed E-state index contributed by atoms with van der Waals surface area (Å²) in [6, 6.07) is 10.5. The molecule has 11 heteroatoms. The van der Waals surface area contributed by atoms with E-state index < -0.39 is 15.8 Å². The summed E-state index contributed by atoms with van der Waals surface area (Å²) in [7, 11) is -2.06. The average molecular weight is 436 g/mol. The molecule has 152 valence electrons. The van der Waals surface area contributed by atoms with Crippen LogP contribution in [0.1, 0.15) is 16.2 Å². The van der Waals surface area contributed by atoms with E-state index in [1.165, 1.54) is 36.4 Å². The smallest absolute Gasteiger partial charge is 0.261 e. The topological polar surface area (TPSA) is 109 Å². The Morgan fingerprint density at radius 2 is 1.83 bits per heavy atom. The van der Waals surface area contributed by atoms with Gasteiger partial charge in [-0.2, -0.15) is 5.10 Å². The summed E-state index contributed by atoms with van der Waals surface area (Å²) >= 11 is 5.03. The number of aromatic nitrogens is 3. The number of sulfonamides is 1. The van der Waals surface area contributed by atoms with Crippen LogP contribution in [0.3, 0.4) is 0 Å². The minimum atomic E-state index is -3.85. The molecule has 0 unspecified atom stereocenters. The lowest BCUT2D eigenvalue weighted by atomic mass is 10.2. The molecule has 0 aliphatic carbocycles. The van der Waals surface area contributed by atoms with Crippen LogP contribution in [0.25, 0.3) is 0 Å². The molecule has 0 bridgehead atoms. The Balaban J connectivity index is 1.59. The predicted molar refractivity (Wildman–Crippen MR) is 108 cm³/mol. The molecule has 1 aromatic heterocycles. The summed E-state index contributed by atoms with van der Waals surface area (Å²) in [5.41, 5.74) is 0.664. The number of benzene rings is 2. The fourth-order valence-corrected chi connectivity index (χ4v) is 3.72. The highest BCUT2D eigenvalue weighted by molar-refractivity contribution is 7.92. The number of nitrogens with zero attached hydrogens (tertiary/aromatic N) is 2. The second-order valence-electron chi connectivity index (χ2n) is 6.15. The lowest BCUT2D eigenvalue weighted by Gasteiger charge is -2.09. The third-order valence-corrected chi connectivity index (χ3v) is 5.89. The molecular weight excluding hydrogens is 417 g/mol. The molecule has 8 nitrogen and oxygen atoms in total. The molecule has 0 spiro atoms. The van der Waals surface area contributed by atoms with Crippen molar-refractivity contribution in [1.29, 1.82) is 0 Å². The van der Waals surface area contributed by atoms with E-state index >= 15 is 0 Å². The molecule has 1 heterocycles. The Kier molecular flexibility index (Phi) is 6.09. The van der Waals surface area contributed by atoms with Crippen LogP contribution >= 0.6 is 12.2 Å². The number of nitrogens with one attached hydrogen (secondary N) is 3. The van der Waals surface area contributed by atoms with E-state index in [4.69, 9.17) is 12.2 Å². The van der Waals surface area contributed by atoms with E-state index in [0.29, 0.717) is 23.3 Å². The van der Waals surface area contributed by atoms with Crippen LogP contribution in [0, 0.1) is 10.6 Å². The maximum atomic E-state index is 13.0. The predicted octanol–water partition coefficient (Wildman–Crippen LogP) is 2.39. The van der Waals surface area contributed by atoms with Gasteiger partial charge in [-0.25, -0.2) is 12.8 Å². The first-order valence-electron chi connectivity index (χ1n) is 8.53. The van der Waals surface area contributed by atoms with Crippen LogP contribution in [-0.4, -0.2) is 35.6 Å². The zero-order valence-electron chi connectivity index (χ0n) is 15.3.